The molecule has 2 fully saturated rings. The molecule has 1 aromatic carbocycles. The normalized spacial score (nSPS) is 25.3. The quantitative estimate of drug-likeness (QED) is 0.129. The van der Waals surface area contributed by atoms with Gasteiger partial charge in [0, 0.05) is 18.6 Å². The van der Waals surface area contributed by atoms with E-state index in [-0.39, 0.29) is 12.2 Å². The molecule has 2 aliphatic carbocycles. The predicted molar refractivity (Wildman–Crippen MR) is 130 cm³/mol. The van der Waals surface area contributed by atoms with Crippen LogP contribution in [0.3, 0.4) is 0 Å². The van der Waals surface area contributed by atoms with Crippen molar-refractivity contribution in [2.75, 3.05) is 0 Å². The highest BCUT2D eigenvalue weighted by molar-refractivity contribution is 5.72. The van der Waals surface area contributed by atoms with Gasteiger partial charge in [0.15, 0.2) is 17.5 Å². The molecule has 2 atom stereocenters. The van der Waals surface area contributed by atoms with Crippen molar-refractivity contribution in [2.45, 2.75) is 116 Å². The largest absolute Gasteiger partial charge is 0.426 e. The Labute approximate surface area is 204 Å². The standard InChI is InChI=1S/C29H43F3O2/c1-2-3-4-5-6-7-9-21-12-15-23(16-13-21)24-11-8-10-22(18-24)14-17-28(33)34-25-19-26(30)29(32)27(31)20-25/h19-24H,2-18H2,1H3/t21?,22?,23?,24-/m0/s1. The molecule has 2 nitrogen and oxygen atoms in total. The third-order valence-electron chi connectivity index (χ3n) is 8.29. The van der Waals surface area contributed by atoms with Gasteiger partial charge in [-0.15, -0.1) is 0 Å². The van der Waals surface area contributed by atoms with Crippen LogP contribution in [0.4, 0.5) is 13.2 Å². The molecule has 0 spiro atoms. The van der Waals surface area contributed by atoms with Gasteiger partial charge in [-0.05, 0) is 49.4 Å². The van der Waals surface area contributed by atoms with Crippen molar-refractivity contribution in [2.24, 2.45) is 23.7 Å². The number of esters is 1. The van der Waals surface area contributed by atoms with E-state index in [4.69, 9.17) is 4.74 Å². The molecular formula is C29H43F3O2. The summed E-state index contributed by atoms with van der Waals surface area (Å²) in [4.78, 5) is 12.2. The summed E-state index contributed by atoms with van der Waals surface area (Å²) in [5, 5.41) is 0. The summed E-state index contributed by atoms with van der Waals surface area (Å²) in [6.07, 6.45) is 21.0. The van der Waals surface area contributed by atoms with E-state index in [1.807, 2.05) is 0 Å². The molecule has 0 heterocycles. The zero-order valence-corrected chi connectivity index (χ0v) is 20.9. The van der Waals surface area contributed by atoms with E-state index >= 15 is 0 Å². The van der Waals surface area contributed by atoms with Crippen LogP contribution in [0.5, 0.6) is 5.75 Å². The number of rotatable bonds is 12. The van der Waals surface area contributed by atoms with E-state index in [1.54, 1.807) is 0 Å². The van der Waals surface area contributed by atoms with Crippen molar-refractivity contribution in [1.82, 2.24) is 0 Å². The average molecular weight is 481 g/mol. The molecule has 1 aromatic rings. The van der Waals surface area contributed by atoms with Gasteiger partial charge < -0.3 is 4.74 Å². The van der Waals surface area contributed by atoms with Gasteiger partial charge >= 0.3 is 5.97 Å². The molecule has 0 saturated heterocycles. The van der Waals surface area contributed by atoms with Crippen LogP contribution in [0.1, 0.15) is 116 Å². The van der Waals surface area contributed by atoms with Crippen LogP contribution in [-0.4, -0.2) is 5.97 Å². The Morgan fingerprint density at radius 1 is 0.824 bits per heavy atom. The van der Waals surface area contributed by atoms with Gasteiger partial charge in [0.25, 0.3) is 0 Å². The minimum atomic E-state index is -1.55. The second-order valence-electron chi connectivity index (χ2n) is 10.8. The van der Waals surface area contributed by atoms with Crippen molar-refractivity contribution in [3.63, 3.8) is 0 Å². The fraction of sp³-hybridized carbons (Fsp3) is 0.759. The molecule has 2 saturated carbocycles. The highest BCUT2D eigenvalue weighted by Gasteiger charge is 2.31. The molecule has 5 heteroatoms. The molecule has 1 unspecified atom stereocenters. The Bertz CT molecular complexity index is 735. The van der Waals surface area contributed by atoms with Crippen LogP contribution >= 0.6 is 0 Å². The molecule has 2 aliphatic rings. The molecule has 0 aromatic heterocycles. The molecule has 3 rings (SSSR count). The molecular weight excluding hydrogens is 437 g/mol. The van der Waals surface area contributed by atoms with Gasteiger partial charge in [0.1, 0.15) is 5.75 Å². The number of hydrogen-bond acceptors (Lipinski definition) is 2. The van der Waals surface area contributed by atoms with Gasteiger partial charge in [-0.1, -0.05) is 84.0 Å². The minimum Gasteiger partial charge on any atom is -0.426 e. The highest BCUT2D eigenvalue weighted by Crippen LogP contribution is 2.43. The van der Waals surface area contributed by atoms with E-state index in [1.165, 1.54) is 89.9 Å². The summed E-state index contributed by atoms with van der Waals surface area (Å²) in [5.41, 5.74) is 0. The molecule has 0 aliphatic heterocycles. The van der Waals surface area contributed by atoms with Crippen molar-refractivity contribution < 1.29 is 22.7 Å². The Hall–Kier alpha value is -1.52. The lowest BCUT2D eigenvalue weighted by molar-refractivity contribution is -0.134. The van der Waals surface area contributed by atoms with Crippen molar-refractivity contribution in [1.29, 1.82) is 0 Å². The van der Waals surface area contributed by atoms with Crippen molar-refractivity contribution >= 4 is 5.97 Å². The molecule has 0 radical (unpaired) electrons. The minimum absolute atomic E-state index is 0.225. The van der Waals surface area contributed by atoms with Crippen LogP contribution in [0.15, 0.2) is 12.1 Å². The number of carbonyl (C=O) groups is 1. The van der Waals surface area contributed by atoms with E-state index in [9.17, 15) is 18.0 Å². The van der Waals surface area contributed by atoms with Crippen LogP contribution < -0.4 is 4.74 Å². The lowest BCUT2D eigenvalue weighted by atomic mass is 9.67. The third kappa shape index (κ3) is 8.61. The number of ether oxygens (including phenoxy) is 1. The average Bonchev–Trinajstić information content (AvgIpc) is 2.84. The maximum Gasteiger partial charge on any atom is 0.311 e. The van der Waals surface area contributed by atoms with Crippen molar-refractivity contribution in [3.8, 4) is 5.75 Å². The summed E-state index contributed by atoms with van der Waals surface area (Å²) >= 11 is 0. The fourth-order valence-corrected chi connectivity index (χ4v) is 6.28. The van der Waals surface area contributed by atoms with Crippen LogP contribution in [-0.2, 0) is 4.79 Å². The Morgan fingerprint density at radius 3 is 2.21 bits per heavy atom. The predicted octanol–water partition coefficient (Wildman–Crippen LogP) is 9.15. The van der Waals surface area contributed by atoms with Gasteiger partial charge in [-0.25, -0.2) is 13.2 Å². The lowest BCUT2D eigenvalue weighted by Crippen LogP contribution is -2.27. The fourth-order valence-electron chi connectivity index (χ4n) is 6.28. The highest BCUT2D eigenvalue weighted by atomic mass is 19.2. The monoisotopic (exact) mass is 480 g/mol. The first-order valence-electron chi connectivity index (χ1n) is 13.8. The van der Waals surface area contributed by atoms with E-state index in [0.717, 1.165) is 42.7 Å². The smallest absolute Gasteiger partial charge is 0.311 e. The SMILES string of the molecule is CCCCCCCCC1CCC([C@H]2CCCC(CCC(=O)Oc3cc(F)c(F)c(F)c3)C2)CC1. The molecule has 0 amide bonds. The maximum absolute atomic E-state index is 13.3. The van der Waals surface area contributed by atoms with Gasteiger partial charge in [-0.3, -0.25) is 4.79 Å². The van der Waals surface area contributed by atoms with E-state index in [2.05, 4.69) is 6.92 Å². The van der Waals surface area contributed by atoms with Crippen LogP contribution in [0.25, 0.3) is 0 Å². The first kappa shape index (κ1) is 27.1. The van der Waals surface area contributed by atoms with Gasteiger partial charge in [0.2, 0.25) is 0 Å². The van der Waals surface area contributed by atoms with Gasteiger partial charge in [-0.2, -0.15) is 0 Å². The first-order valence-corrected chi connectivity index (χ1v) is 13.8. The summed E-state index contributed by atoms with van der Waals surface area (Å²) in [5.74, 6) is -2.00. The third-order valence-corrected chi connectivity index (χ3v) is 8.29. The summed E-state index contributed by atoms with van der Waals surface area (Å²) < 4.78 is 44.8. The summed E-state index contributed by atoms with van der Waals surface area (Å²) in [7, 11) is 0. The summed E-state index contributed by atoms with van der Waals surface area (Å²) in [6.45, 7) is 2.27. The topological polar surface area (TPSA) is 26.3 Å². The lowest BCUT2D eigenvalue weighted by Gasteiger charge is -2.38. The number of unbranched alkanes of at least 4 members (excludes halogenated alkanes) is 5. The molecule has 0 N–H and O–H groups in total. The number of hydrogen-bond donors (Lipinski definition) is 0. The Morgan fingerprint density at radius 2 is 1.50 bits per heavy atom. The zero-order valence-electron chi connectivity index (χ0n) is 20.9. The van der Waals surface area contributed by atoms with E-state index in [0.29, 0.717) is 5.92 Å². The van der Waals surface area contributed by atoms with Crippen molar-refractivity contribution in [3.05, 3.63) is 29.6 Å². The number of benzene rings is 1. The first-order chi connectivity index (χ1) is 16.5. The van der Waals surface area contributed by atoms with E-state index < -0.39 is 23.4 Å². The Kier molecular flexibility index (Phi) is 11.3. The second-order valence-corrected chi connectivity index (χ2v) is 10.8. The molecule has 34 heavy (non-hydrogen) atoms. The van der Waals surface area contributed by atoms with Crippen LogP contribution in [0.2, 0.25) is 0 Å². The van der Waals surface area contributed by atoms with Crippen LogP contribution in [0, 0.1) is 41.1 Å². The molecule has 192 valence electrons. The second kappa shape index (κ2) is 14.1. The maximum atomic E-state index is 13.3. The molecule has 0 bridgehead atoms. The summed E-state index contributed by atoms with van der Waals surface area (Å²) in [6, 6.07) is 1.44. The number of carbonyl (C=O) groups excluding carboxylic acids is 1. The Balaban J connectivity index is 1.33. The number of halogens is 3. The van der Waals surface area contributed by atoms with Gasteiger partial charge in [0.05, 0.1) is 0 Å². The zero-order chi connectivity index (χ0) is 24.3.